The third kappa shape index (κ3) is 2.32. The first-order chi connectivity index (χ1) is 9.65. The smallest absolute Gasteiger partial charge is 0.276 e. The molecule has 0 unspecified atom stereocenters. The maximum atomic E-state index is 12.3. The van der Waals surface area contributed by atoms with Crippen molar-refractivity contribution in [1.29, 1.82) is 0 Å². The second-order valence-corrected chi connectivity index (χ2v) is 5.10. The van der Waals surface area contributed by atoms with Gasteiger partial charge in [-0.05, 0) is 25.5 Å². The van der Waals surface area contributed by atoms with Crippen LogP contribution in [-0.2, 0) is 17.8 Å². The Labute approximate surface area is 117 Å². The summed E-state index contributed by atoms with van der Waals surface area (Å²) < 4.78 is 5.39. The standard InChI is InChI=1S/C15H17N3O2/c1-9-3-4-12(10(2)7-9)16-15(19)14-11-8-20-6-5-13(11)17-18-14/h3-4,7H,5-6,8H2,1-2H3,(H,16,19)(H,17,18). The fourth-order valence-electron chi connectivity index (χ4n) is 2.44. The lowest BCUT2D eigenvalue weighted by atomic mass is 10.1. The number of benzene rings is 1. The van der Waals surface area contributed by atoms with E-state index in [1.165, 1.54) is 5.56 Å². The Kier molecular flexibility index (Phi) is 3.28. The van der Waals surface area contributed by atoms with Crippen LogP contribution < -0.4 is 5.32 Å². The highest BCUT2D eigenvalue weighted by molar-refractivity contribution is 6.04. The molecule has 2 aromatic rings. The van der Waals surface area contributed by atoms with Gasteiger partial charge in [0.2, 0.25) is 0 Å². The van der Waals surface area contributed by atoms with Crippen molar-refractivity contribution in [3.63, 3.8) is 0 Å². The SMILES string of the molecule is Cc1ccc(NC(=O)c2n[nH]c3c2COCC3)c(C)c1. The van der Waals surface area contributed by atoms with Crippen molar-refractivity contribution in [2.45, 2.75) is 26.9 Å². The van der Waals surface area contributed by atoms with Crippen LogP contribution in [0.15, 0.2) is 18.2 Å². The van der Waals surface area contributed by atoms with E-state index >= 15 is 0 Å². The van der Waals surface area contributed by atoms with Crippen molar-refractivity contribution in [3.8, 4) is 0 Å². The number of carbonyl (C=O) groups excluding carboxylic acids is 1. The van der Waals surface area contributed by atoms with Crippen LogP contribution in [0.3, 0.4) is 0 Å². The van der Waals surface area contributed by atoms with Gasteiger partial charge in [-0.2, -0.15) is 5.10 Å². The molecule has 0 atom stereocenters. The Balaban J connectivity index is 1.84. The molecule has 0 fully saturated rings. The van der Waals surface area contributed by atoms with Crippen LogP contribution >= 0.6 is 0 Å². The van der Waals surface area contributed by atoms with Crippen molar-refractivity contribution < 1.29 is 9.53 Å². The molecule has 20 heavy (non-hydrogen) atoms. The molecule has 5 heteroatoms. The largest absolute Gasteiger partial charge is 0.376 e. The van der Waals surface area contributed by atoms with Gasteiger partial charge < -0.3 is 10.1 Å². The average Bonchev–Trinajstić information content (AvgIpc) is 2.86. The third-order valence-electron chi connectivity index (χ3n) is 3.54. The fraction of sp³-hybridized carbons (Fsp3) is 0.333. The predicted molar refractivity (Wildman–Crippen MR) is 75.8 cm³/mol. The van der Waals surface area contributed by atoms with Crippen LogP contribution in [0.5, 0.6) is 0 Å². The third-order valence-corrected chi connectivity index (χ3v) is 3.54. The number of hydrogen-bond acceptors (Lipinski definition) is 3. The number of aromatic amines is 1. The quantitative estimate of drug-likeness (QED) is 0.881. The number of ether oxygens (including phenoxy) is 1. The summed E-state index contributed by atoms with van der Waals surface area (Å²) in [6.45, 7) is 5.13. The van der Waals surface area contributed by atoms with Crippen LogP contribution in [0, 0.1) is 13.8 Å². The number of amides is 1. The van der Waals surface area contributed by atoms with E-state index in [0.717, 1.165) is 28.9 Å². The van der Waals surface area contributed by atoms with Gasteiger partial charge in [0.15, 0.2) is 5.69 Å². The number of fused-ring (bicyclic) bond motifs is 1. The van der Waals surface area contributed by atoms with Gasteiger partial charge in [0.1, 0.15) is 0 Å². The second-order valence-electron chi connectivity index (χ2n) is 5.10. The van der Waals surface area contributed by atoms with E-state index < -0.39 is 0 Å². The van der Waals surface area contributed by atoms with Crippen molar-refractivity contribution in [1.82, 2.24) is 10.2 Å². The van der Waals surface area contributed by atoms with E-state index in [-0.39, 0.29) is 5.91 Å². The Morgan fingerprint density at radius 3 is 3.05 bits per heavy atom. The average molecular weight is 271 g/mol. The molecule has 0 radical (unpaired) electrons. The molecule has 1 aliphatic rings. The first kappa shape index (κ1) is 12.9. The lowest BCUT2D eigenvalue weighted by molar-refractivity contribution is 0.0985. The number of nitrogens with zero attached hydrogens (tertiary/aromatic N) is 1. The molecule has 1 aliphatic heterocycles. The van der Waals surface area contributed by atoms with Gasteiger partial charge in [0.05, 0.1) is 13.2 Å². The first-order valence-electron chi connectivity index (χ1n) is 6.67. The molecule has 0 bridgehead atoms. The molecular formula is C15H17N3O2. The zero-order valence-electron chi connectivity index (χ0n) is 11.6. The monoisotopic (exact) mass is 271 g/mol. The summed E-state index contributed by atoms with van der Waals surface area (Å²) in [5, 5.41) is 9.96. The van der Waals surface area contributed by atoms with Gasteiger partial charge in [-0.3, -0.25) is 9.89 Å². The number of carbonyl (C=O) groups is 1. The van der Waals surface area contributed by atoms with Gasteiger partial charge in [-0.15, -0.1) is 0 Å². The van der Waals surface area contributed by atoms with Crippen molar-refractivity contribution in [2.75, 3.05) is 11.9 Å². The second kappa shape index (κ2) is 5.09. The maximum Gasteiger partial charge on any atom is 0.276 e. The Morgan fingerprint density at radius 1 is 1.40 bits per heavy atom. The summed E-state index contributed by atoms with van der Waals surface area (Å²) in [6.07, 6.45) is 0.777. The Hall–Kier alpha value is -2.14. The minimum absolute atomic E-state index is 0.194. The van der Waals surface area contributed by atoms with Gasteiger partial charge >= 0.3 is 0 Å². The molecule has 0 spiro atoms. The summed E-state index contributed by atoms with van der Waals surface area (Å²) >= 11 is 0. The summed E-state index contributed by atoms with van der Waals surface area (Å²) in [6, 6.07) is 5.93. The molecule has 2 N–H and O–H groups in total. The molecule has 5 nitrogen and oxygen atoms in total. The number of anilines is 1. The van der Waals surface area contributed by atoms with Crippen molar-refractivity contribution in [2.24, 2.45) is 0 Å². The van der Waals surface area contributed by atoms with Crippen molar-refractivity contribution in [3.05, 3.63) is 46.3 Å². The zero-order chi connectivity index (χ0) is 14.1. The van der Waals surface area contributed by atoms with E-state index in [9.17, 15) is 4.79 Å². The van der Waals surface area contributed by atoms with Crippen LogP contribution in [0.25, 0.3) is 0 Å². The zero-order valence-corrected chi connectivity index (χ0v) is 11.6. The number of rotatable bonds is 2. The van der Waals surface area contributed by atoms with E-state index in [1.54, 1.807) is 0 Å². The van der Waals surface area contributed by atoms with Crippen LogP contribution in [0.2, 0.25) is 0 Å². The molecule has 3 rings (SSSR count). The lowest BCUT2D eigenvalue weighted by Gasteiger charge is -2.13. The Bertz CT molecular complexity index is 661. The van der Waals surface area contributed by atoms with Gasteiger partial charge in [0, 0.05) is 23.4 Å². The van der Waals surface area contributed by atoms with E-state index in [4.69, 9.17) is 4.74 Å². The lowest BCUT2D eigenvalue weighted by Crippen LogP contribution is -2.17. The maximum absolute atomic E-state index is 12.3. The molecule has 0 saturated carbocycles. The summed E-state index contributed by atoms with van der Waals surface area (Å²) in [5.41, 5.74) is 5.33. The normalized spacial score (nSPS) is 13.9. The molecule has 1 aromatic heterocycles. The van der Waals surface area contributed by atoms with E-state index in [0.29, 0.717) is 18.9 Å². The highest BCUT2D eigenvalue weighted by atomic mass is 16.5. The predicted octanol–water partition coefficient (Wildman–Crippen LogP) is 2.35. The Morgan fingerprint density at radius 2 is 2.25 bits per heavy atom. The molecule has 2 heterocycles. The van der Waals surface area contributed by atoms with Crippen LogP contribution in [0.4, 0.5) is 5.69 Å². The van der Waals surface area contributed by atoms with Crippen LogP contribution in [0.1, 0.15) is 32.9 Å². The van der Waals surface area contributed by atoms with Gasteiger partial charge in [-0.1, -0.05) is 17.7 Å². The highest BCUT2D eigenvalue weighted by Gasteiger charge is 2.22. The molecule has 1 amide bonds. The molecule has 104 valence electrons. The minimum atomic E-state index is -0.194. The molecule has 0 aliphatic carbocycles. The summed E-state index contributed by atoms with van der Waals surface area (Å²) in [7, 11) is 0. The van der Waals surface area contributed by atoms with E-state index in [1.807, 2.05) is 32.0 Å². The molecule has 1 aromatic carbocycles. The molecule has 0 saturated heterocycles. The first-order valence-corrected chi connectivity index (χ1v) is 6.67. The number of hydrogen-bond donors (Lipinski definition) is 2. The molecular weight excluding hydrogens is 254 g/mol. The summed E-state index contributed by atoms with van der Waals surface area (Å²) in [5.74, 6) is -0.194. The fourth-order valence-corrected chi connectivity index (χ4v) is 2.44. The van der Waals surface area contributed by atoms with Gasteiger partial charge in [0.25, 0.3) is 5.91 Å². The van der Waals surface area contributed by atoms with Crippen molar-refractivity contribution >= 4 is 11.6 Å². The number of aromatic nitrogens is 2. The van der Waals surface area contributed by atoms with Crippen LogP contribution in [-0.4, -0.2) is 22.7 Å². The summed E-state index contributed by atoms with van der Waals surface area (Å²) in [4.78, 5) is 12.3. The minimum Gasteiger partial charge on any atom is -0.376 e. The number of nitrogens with one attached hydrogen (secondary N) is 2. The van der Waals surface area contributed by atoms with E-state index in [2.05, 4.69) is 15.5 Å². The topological polar surface area (TPSA) is 67.0 Å². The van der Waals surface area contributed by atoms with Gasteiger partial charge in [-0.25, -0.2) is 0 Å². The number of aryl methyl sites for hydroxylation is 2. The highest BCUT2D eigenvalue weighted by Crippen LogP contribution is 2.21. The number of H-pyrrole nitrogens is 1.